The molecule has 5 nitrogen and oxygen atoms in total. The normalized spacial score (nSPS) is 38.5. The van der Waals surface area contributed by atoms with Crippen LogP contribution in [0.15, 0.2) is 11.6 Å². The first kappa shape index (κ1) is 35.9. The number of nitrogens with one attached hydrogen (secondary N) is 1. The number of ether oxygens (including phenoxy) is 1. The van der Waals surface area contributed by atoms with Gasteiger partial charge < -0.3 is 10.1 Å². The number of fused-ring (bicyclic) bond motifs is 6. The van der Waals surface area contributed by atoms with Crippen molar-refractivity contribution < 1.29 is 9.53 Å². The predicted octanol–water partition coefficient (Wildman–Crippen LogP) is 9.22. The van der Waals surface area contributed by atoms with Gasteiger partial charge in [0.1, 0.15) is 6.10 Å². The Hall–Kier alpha value is -0.910. The second kappa shape index (κ2) is 16.0. The summed E-state index contributed by atoms with van der Waals surface area (Å²) in [6.45, 7) is 19.4. The first-order chi connectivity index (χ1) is 22.7. The summed E-state index contributed by atoms with van der Waals surface area (Å²) in [6.07, 6.45) is 26.3. The predicted molar refractivity (Wildman–Crippen MR) is 195 cm³/mol. The lowest BCUT2D eigenvalue weighted by Crippen LogP contribution is -2.53. The van der Waals surface area contributed by atoms with E-state index in [1.54, 1.807) is 5.57 Å². The van der Waals surface area contributed by atoms with Gasteiger partial charge in [-0.15, -0.1) is 0 Å². The molecule has 9 atom stereocenters. The van der Waals surface area contributed by atoms with Crippen molar-refractivity contribution in [1.29, 1.82) is 0 Å². The molecule has 2 saturated heterocycles. The van der Waals surface area contributed by atoms with Crippen LogP contribution in [0, 0.1) is 46.3 Å². The van der Waals surface area contributed by atoms with E-state index in [4.69, 9.17) is 4.74 Å². The Balaban J connectivity index is 0.923. The molecule has 268 valence electrons. The molecule has 0 aromatic carbocycles. The second-order valence-electron chi connectivity index (χ2n) is 18.3. The average molecular weight is 652 g/mol. The largest absolute Gasteiger partial charge is 0.462 e. The van der Waals surface area contributed by atoms with Crippen LogP contribution in [-0.4, -0.2) is 67.3 Å². The molecule has 6 aliphatic rings. The summed E-state index contributed by atoms with van der Waals surface area (Å²) in [5, 5.41) is 3.55. The molecule has 47 heavy (non-hydrogen) atoms. The zero-order chi connectivity index (χ0) is 33.0. The van der Waals surface area contributed by atoms with Gasteiger partial charge in [-0.2, -0.15) is 0 Å². The molecule has 2 aliphatic heterocycles. The van der Waals surface area contributed by atoms with Crippen LogP contribution in [0.5, 0.6) is 0 Å². The second-order valence-corrected chi connectivity index (χ2v) is 18.3. The molecular formula is C42H73N3O2. The van der Waals surface area contributed by atoms with Gasteiger partial charge in [0.15, 0.2) is 0 Å². The van der Waals surface area contributed by atoms with Crippen molar-refractivity contribution in [3.63, 3.8) is 0 Å². The summed E-state index contributed by atoms with van der Waals surface area (Å²) in [7, 11) is 0. The summed E-state index contributed by atoms with van der Waals surface area (Å²) in [5.74, 6) is 5.22. The number of nitrogens with zero attached hydrogens (tertiary/aromatic N) is 2. The molecule has 0 amide bonds. The zero-order valence-electron chi connectivity index (χ0n) is 31.4. The van der Waals surface area contributed by atoms with E-state index in [0.29, 0.717) is 23.4 Å². The number of rotatable bonds is 13. The molecule has 5 fully saturated rings. The van der Waals surface area contributed by atoms with Crippen LogP contribution in [0.1, 0.15) is 150 Å². The molecule has 1 N–H and O–H groups in total. The quantitative estimate of drug-likeness (QED) is 0.122. The maximum absolute atomic E-state index is 12.9. The van der Waals surface area contributed by atoms with E-state index in [2.05, 4.69) is 55.8 Å². The third-order valence-corrected chi connectivity index (χ3v) is 15.0. The van der Waals surface area contributed by atoms with Crippen molar-refractivity contribution in [3.05, 3.63) is 11.6 Å². The molecule has 2 heterocycles. The van der Waals surface area contributed by atoms with E-state index in [1.807, 2.05) is 0 Å². The first-order valence-electron chi connectivity index (χ1n) is 20.8. The van der Waals surface area contributed by atoms with E-state index in [1.165, 1.54) is 116 Å². The molecule has 1 unspecified atom stereocenters. The first-order valence-corrected chi connectivity index (χ1v) is 20.8. The van der Waals surface area contributed by atoms with E-state index in [0.717, 1.165) is 67.9 Å². The van der Waals surface area contributed by atoms with Crippen LogP contribution in [0.4, 0.5) is 0 Å². The summed E-state index contributed by atoms with van der Waals surface area (Å²) in [4.78, 5) is 18.4. The van der Waals surface area contributed by atoms with E-state index >= 15 is 0 Å². The molecule has 4 aliphatic carbocycles. The van der Waals surface area contributed by atoms with Gasteiger partial charge in [0.25, 0.3) is 0 Å². The minimum atomic E-state index is -0.00142. The molecule has 3 saturated carbocycles. The monoisotopic (exact) mass is 652 g/mol. The van der Waals surface area contributed by atoms with Crippen molar-refractivity contribution in [3.8, 4) is 0 Å². The van der Waals surface area contributed by atoms with E-state index in [-0.39, 0.29) is 12.1 Å². The molecule has 0 bridgehead atoms. The molecule has 0 aromatic heterocycles. The standard InChI is InChI=1S/C42H73N3O2/c1-31(2)12-9-13-32(3)36-17-18-37-35-16-15-33-30-34(19-22-41(33,4)38(35)20-23-42(36,37)5)47-40(46)21-25-43-24-10-27-45-29-11-28-44-26-8-6-7-14-39(44)45/h15,31-32,34-39,43H,6-14,16-30H2,1-5H3/t32-,34+,35+,36-,37+,38+,39?,41+,42-/m1/s1. The van der Waals surface area contributed by atoms with Gasteiger partial charge in [-0.3, -0.25) is 14.6 Å². The highest BCUT2D eigenvalue weighted by Crippen LogP contribution is 2.67. The van der Waals surface area contributed by atoms with Gasteiger partial charge in [-0.25, -0.2) is 0 Å². The highest BCUT2D eigenvalue weighted by atomic mass is 16.5. The Kier molecular flexibility index (Phi) is 12.2. The van der Waals surface area contributed by atoms with Crippen molar-refractivity contribution in [2.75, 3.05) is 39.3 Å². The minimum Gasteiger partial charge on any atom is -0.462 e. The lowest BCUT2D eigenvalue weighted by atomic mass is 9.47. The fourth-order valence-electron chi connectivity index (χ4n) is 12.4. The lowest BCUT2D eigenvalue weighted by molar-refractivity contribution is -0.151. The van der Waals surface area contributed by atoms with Gasteiger partial charge in [-0.1, -0.05) is 78.4 Å². The van der Waals surface area contributed by atoms with Gasteiger partial charge >= 0.3 is 5.97 Å². The third-order valence-electron chi connectivity index (χ3n) is 15.0. The Morgan fingerprint density at radius 1 is 0.915 bits per heavy atom. The van der Waals surface area contributed by atoms with Crippen LogP contribution in [-0.2, 0) is 9.53 Å². The SMILES string of the molecule is CC(C)CCC[C@@H](C)[C@H]1CC[C@H]2[C@@H]3CC=C4C[C@@H](OC(=O)CCNCCCN5CCCN6CCCCCC65)CC[C@]4(C)[C@H]3CC[C@]12C. The van der Waals surface area contributed by atoms with Crippen molar-refractivity contribution in [2.24, 2.45) is 46.3 Å². The van der Waals surface area contributed by atoms with Gasteiger partial charge in [0.2, 0.25) is 0 Å². The van der Waals surface area contributed by atoms with Crippen LogP contribution in [0.25, 0.3) is 0 Å². The molecular weight excluding hydrogens is 578 g/mol. The van der Waals surface area contributed by atoms with Gasteiger partial charge in [0.05, 0.1) is 12.6 Å². The molecule has 0 spiro atoms. The van der Waals surface area contributed by atoms with Crippen LogP contribution >= 0.6 is 0 Å². The summed E-state index contributed by atoms with van der Waals surface area (Å²) < 4.78 is 6.13. The summed E-state index contributed by atoms with van der Waals surface area (Å²) >= 11 is 0. The number of carbonyl (C=O) groups is 1. The maximum Gasteiger partial charge on any atom is 0.307 e. The average Bonchev–Trinajstić information content (AvgIpc) is 3.22. The number of hydrogen-bond donors (Lipinski definition) is 1. The summed E-state index contributed by atoms with van der Waals surface area (Å²) in [5.41, 5.74) is 2.49. The maximum atomic E-state index is 12.9. The van der Waals surface area contributed by atoms with Crippen LogP contribution < -0.4 is 5.32 Å². The van der Waals surface area contributed by atoms with E-state index < -0.39 is 0 Å². The topological polar surface area (TPSA) is 44.8 Å². The van der Waals surface area contributed by atoms with Crippen LogP contribution in [0.3, 0.4) is 0 Å². The Morgan fingerprint density at radius 3 is 2.62 bits per heavy atom. The summed E-state index contributed by atoms with van der Waals surface area (Å²) in [6, 6.07) is 0. The third kappa shape index (κ3) is 8.03. The van der Waals surface area contributed by atoms with Crippen molar-refractivity contribution in [1.82, 2.24) is 15.1 Å². The number of allylic oxidation sites excluding steroid dienone is 1. The highest BCUT2D eigenvalue weighted by Gasteiger charge is 2.59. The van der Waals surface area contributed by atoms with Crippen molar-refractivity contribution in [2.45, 2.75) is 162 Å². The lowest BCUT2D eigenvalue weighted by Gasteiger charge is -2.58. The fraction of sp³-hybridized carbons (Fsp3) is 0.929. The zero-order valence-corrected chi connectivity index (χ0v) is 31.4. The smallest absolute Gasteiger partial charge is 0.307 e. The number of carbonyl (C=O) groups excluding carboxylic acids is 1. The Labute approximate surface area is 289 Å². The number of esters is 1. The number of hydrogen-bond acceptors (Lipinski definition) is 5. The molecule has 0 radical (unpaired) electrons. The molecule has 0 aromatic rings. The van der Waals surface area contributed by atoms with Gasteiger partial charge in [0, 0.05) is 32.6 Å². The fourth-order valence-corrected chi connectivity index (χ4v) is 12.4. The van der Waals surface area contributed by atoms with E-state index in [9.17, 15) is 4.79 Å². The minimum absolute atomic E-state index is 0.00142. The highest BCUT2D eigenvalue weighted by molar-refractivity contribution is 5.69. The molecule has 6 rings (SSSR count). The van der Waals surface area contributed by atoms with Crippen LogP contribution in [0.2, 0.25) is 0 Å². The molecule has 5 heteroatoms. The Bertz CT molecular complexity index is 1060. The Morgan fingerprint density at radius 2 is 1.77 bits per heavy atom. The van der Waals surface area contributed by atoms with Gasteiger partial charge in [-0.05, 0) is 130 Å². The van der Waals surface area contributed by atoms with Crippen molar-refractivity contribution >= 4 is 5.97 Å².